The maximum Gasteiger partial charge on any atom is 0.340 e. The van der Waals surface area contributed by atoms with Crippen LogP contribution >= 0.6 is 11.6 Å². The van der Waals surface area contributed by atoms with Crippen molar-refractivity contribution in [2.75, 3.05) is 44.1 Å². The predicted octanol–water partition coefficient (Wildman–Crippen LogP) is 3.91. The Labute approximate surface area is 225 Å². The molecule has 0 bridgehead atoms. The standard InChI is InChI=1S/C26H25ClN2O8S/c1-34-23-13-18(26(31)36-3)20(14-24(23)35-2)28-25(30)15-37-22-9-8-17(12-19(22)27)38(32,33)29-11-10-16-6-4-5-7-21(16)29/h4-9,12-14H,10-11,15H2,1-3H3,(H,28,30). The molecule has 0 spiro atoms. The Hall–Kier alpha value is -3.96. The number of nitrogens with zero attached hydrogens (tertiary/aromatic N) is 1. The van der Waals surface area contributed by atoms with E-state index in [4.69, 9.17) is 30.5 Å². The minimum absolute atomic E-state index is 0.00375. The number of amides is 1. The molecule has 38 heavy (non-hydrogen) atoms. The number of fused-ring (bicyclic) bond motifs is 1. The molecule has 1 aliphatic heterocycles. The van der Waals surface area contributed by atoms with Gasteiger partial charge in [0, 0.05) is 18.7 Å². The normalized spacial score (nSPS) is 12.5. The fourth-order valence-electron chi connectivity index (χ4n) is 4.03. The topological polar surface area (TPSA) is 120 Å². The largest absolute Gasteiger partial charge is 0.493 e. The van der Waals surface area contributed by atoms with Crippen LogP contribution in [0.3, 0.4) is 0 Å². The third kappa shape index (κ3) is 5.34. The second-order valence-electron chi connectivity index (χ2n) is 8.13. The van der Waals surface area contributed by atoms with Gasteiger partial charge in [-0.3, -0.25) is 9.10 Å². The van der Waals surface area contributed by atoms with Crippen LogP contribution in [0.4, 0.5) is 11.4 Å². The predicted molar refractivity (Wildman–Crippen MR) is 141 cm³/mol. The third-order valence-electron chi connectivity index (χ3n) is 5.90. The van der Waals surface area contributed by atoms with Crippen LogP contribution in [0, 0.1) is 0 Å². The number of sulfonamides is 1. The number of carbonyl (C=O) groups is 2. The van der Waals surface area contributed by atoms with Crippen LogP contribution in [0.1, 0.15) is 15.9 Å². The first-order chi connectivity index (χ1) is 18.2. The van der Waals surface area contributed by atoms with Gasteiger partial charge in [-0.15, -0.1) is 0 Å². The molecule has 12 heteroatoms. The Morgan fingerprint density at radius 3 is 2.37 bits per heavy atom. The Bertz CT molecular complexity index is 1490. The van der Waals surface area contributed by atoms with Crippen LogP contribution in [0.5, 0.6) is 17.2 Å². The fraction of sp³-hybridized carbons (Fsp3) is 0.231. The number of halogens is 1. The van der Waals surface area contributed by atoms with Crippen molar-refractivity contribution in [1.29, 1.82) is 0 Å². The van der Waals surface area contributed by atoms with Gasteiger partial charge < -0.3 is 24.3 Å². The average Bonchev–Trinajstić information content (AvgIpc) is 3.36. The first-order valence-electron chi connectivity index (χ1n) is 11.4. The summed E-state index contributed by atoms with van der Waals surface area (Å²) in [6.45, 7) is -0.137. The van der Waals surface area contributed by atoms with Crippen LogP contribution < -0.4 is 23.8 Å². The summed E-state index contributed by atoms with van der Waals surface area (Å²) >= 11 is 6.31. The SMILES string of the molecule is COC(=O)c1cc(OC)c(OC)cc1NC(=O)COc1ccc(S(=O)(=O)N2CCc3ccccc32)cc1Cl. The zero-order chi connectivity index (χ0) is 27.4. The lowest BCUT2D eigenvalue weighted by atomic mass is 10.1. The number of hydrogen-bond donors (Lipinski definition) is 1. The molecular formula is C26H25ClN2O8S. The summed E-state index contributed by atoms with van der Waals surface area (Å²) in [4.78, 5) is 24.8. The van der Waals surface area contributed by atoms with E-state index in [9.17, 15) is 18.0 Å². The van der Waals surface area contributed by atoms with Gasteiger partial charge in [0.2, 0.25) is 0 Å². The lowest BCUT2D eigenvalue weighted by Gasteiger charge is -2.20. The number of anilines is 2. The number of rotatable bonds is 9. The smallest absolute Gasteiger partial charge is 0.340 e. The summed E-state index contributed by atoms with van der Waals surface area (Å²) in [5.74, 6) is -0.618. The highest BCUT2D eigenvalue weighted by Crippen LogP contribution is 2.36. The van der Waals surface area contributed by atoms with Gasteiger partial charge in [-0.05, 0) is 36.2 Å². The van der Waals surface area contributed by atoms with Crippen molar-refractivity contribution in [3.63, 3.8) is 0 Å². The van der Waals surface area contributed by atoms with E-state index >= 15 is 0 Å². The average molecular weight is 561 g/mol. The maximum atomic E-state index is 13.2. The van der Waals surface area contributed by atoms with E-state index in [1.165, 1.54) is 56.0 Å². The molecule has 0 unspecified atom stereocenters. The lowest BCUT2D eigenvalue weighted by molar-refractivity contribution is -0.118. The molecule has 0 radical (unpaired) electrons. The summed E-state index contributed by atoms with van der Waals surface area (Å²) in [5, 5.41) is 2.60. The van der Waals surface area contributed by atoms with Crippen molar-refractivity contribution >= 4 is 44.9 Å². The number of ether oxygens (including phenoxy) is 4. The number of carbonyl (C=O) groups excluding carboxylic acids is 2. The van der Waals surface area contributed by atoms with E-state index in [0.29, 0.717) is 18.7 Å². The minimum atomic E-state index is -3.84. The minimum Gasteiger partial charge on any atom is -0.493 e. The second-order valence-corrected chi connectivity index (χ2v) is 10.4. The zero-order valence-corrected chi connectivity index (χ0v) is 22.4. The van der Waals surface area contributed by atoms with E-state index in [-0.39, 0.29) is 38.4 Å². The van der Waals surface area contributed by atoms with Crippen molar-refractivity contribution < 1.29 is 37.0 Å². The first-order valence-corrected chi connectivity index (χ1v) is 13.2. The van der Waals surface area contributed by atoms with Gasteiger partial charge in [-0.1, -0.05) is 29.8 Å². The highest BCUT2D eigenvalue weighted by Gasteiger charge is 2.31. The highest BCUT2D eigenvalue weighted by atomic mass is 35.5. The molecule has 0 saturated heterocycles. The van der Waals surface area contributed by atoms with Gasteiger partial charge in [0.05, 0.1) is 48.2 Å². The molecule has 1 heterocycles. The molecule has 0 aromatic heterocycles. The summed E-state index contributed by atoms with van der Waals surface area (Å²) in [5.41, 5.74) is 1.77. The van der Waals surface area contributed by atoms with Gasteiger partial charge in [0.1, 0.15) is 5.75 Å². The number of esters is 1. The van der Waals surface area contributed by atoms with Gasteiger partial charge in [0.25, 0.3) is 15.9 Å². The summed E-state index contributed by atoms with van der Waals surface area (Å²) < 4.78 is 48.6. The van der Waals surface area contributed by atoms with Crippen LogP contribution in [0.25, 0.3) is 0 Å². The molecule has 0 fully saturated rings. The van der Waals surface area contributed by atoms with Crippen LogP contribution in [-0.2, 0) is 26.0 Å². The van der Waals surface area contributed by atoms with Gasteiger partial charge in [-0.2, -0.15) is 0 Å². The monoisotopic (exact) mass is 560 g/mol. The van der Waals surface area contributed by atoms with Crippen molar-refractivity contribution in [2.45, 2.75) is 11.3 Å². The van der Waals surface area contributed by atoms with Crippen LogP contribution in [0.15, 0.2) is 59.5 Å². The van der Waals surface area contributed by atoms with Gasteiger partial charge in [-0.25, -0.2) is 13.2 Å². The van der Waals surface area contributed by atoms with Crippen molar-refractivity contribution in [2.24, 2.45) is 0 Å². The van der Waals surface area contributed by atoms with Crippen molar-refractivity contribution in [3.8, 4) is 17.2 Å². The van der Waals surface area contributed by atoms with E-state index in [1.54, 1.807) is 12.1 Å². The van der Waals surface area contributed by atoms with Crippen molar-refractivity contribution in [3.05, 3.63) is 70.7 Å². The van der Waals surface area contributed by atoms with E-state index in [1.807, 2.05) is 12.1 Å². The molecule has 4 rings (SSSR count). The third-order valence-corrected chi connectivity index (χ3v) is 8.00. The Morgan fingerprint density at radius 2 is 1.68 bits per heavy atom. The number of para-hydroxylation sites is 1. The Morgan fingerprint density at radius 1 is 0.974 bits per heavy atom. The summed E-state index contributed by atoms with van der Waals surface area (Å²) in [7, 11) is 0.195. The first kappa shape index (κ1) is 27.1. The molecule has 0 aliphatic carbocycles. The number of methoxy groups -OCH3 is 3. The number of nitrogens with one attached hydrogen (secondary N) is 1. The van der Waals surface area contributed by atoms with Gasteiger partial charge in [0.15, 0.2) is 18.1 Å². The van der Waals surface area contributed by atoms with E-state index < -0.39 is 28.5 Å². The Kier molecular flexibility index (Phi) is 7.98. The lowest BCUT2D eigenvalue weighted by Crippen LogP contribution is -2.29. The molecule has 3 aromatic rings. The van der Waals surface area contributed by atoms with Crippen LogP contribution in [0.2, 0.25) is 5.02 Å². The van der Waals surface area contributed by atoms with Gasteiger partial charge >= 0.3 is 5.97 Å². The molecule has 1 N–H and O–H groups in total. The molecule has 1 aliphatic rings. The quantitative estimate of drug-likeness (QED) is 0.391. The molecule has 3 aromatic carbocycles. The van der Waals surface area contributed by atoms with E-state index in [2.05, 4.69) is 5.32 Å². The zero-order valence-electron chi connectivity index (χ0n) is 20.8. The molecule has 0 atom stereocenters. The molecular weight excluding hydrogens is 536 g/mol. The number of hydrogen-bond acceptors (Lipinski definition) is 8. The molecule has 10 nitrogen and oxygen atoms in total. The Balaban J connectivity index is 1.48. The summed E-state index contributed by atoms with van der Waals surface area (Å²) in [6.07, 6.45) is 0.622. The molecule has 0 saturated carbocycles. The van der Waals surface area contributed by atoms with Crippen molar-refractivity contribution in [1.82, 2.24) is 0 Å². The number of benzene rings is 3. The van der Waals surface area contributed by atoms with E-state index in [0.717, 1.165) is 5.56 Å². The summed E-state index contributed by atoms with van der Waals surface area (Å²) in [6, 6.07) is 14.2. The molecule has 1 amide bonds. The fourth-order valence-corrected chi connectivity index (χ4v) is 5.86. The maximum absolute atomic E-state index is 13.2. The second kappa shape index (κ2) is 11.2. The van der Waals surface area contributed by atoms with Crippen LogP contribution in [-0.4, -0.2) is 54.8 Å². The highest BCUT2D eigenvalue weighted by molar-refractivity contribution is 7.92. The molecule has 200 valence electrons.